The molecule has 6 nitrogen and oxygen atoms in total. The van der Waals surface area contributed by atoms with Crippen LogP contribution in [0.1, 0.15) is 22.3 Å². The lowest BCUT2D eigenvalue weighted by molar-refractivity contribution is -0.385. The molecule has 1 aliphatic rings. The van der Waals surface area contributed by atoms with Crippen LogP contribution in [0, 0.1) is 23.0 Å². The van der Waals surface area contributed by atoms with Gasteiger partial charge in [0.2, 0.25) is 0 Å². The molecule has 1 unspecified atom stereocenters. The largest absolute Gasteiger partial charge is 0.401 e. The fraction of sp³-hybridized carbons (Fsp3) is 0.533. The second kappa shape index (κ2) is 7.16. The molecule has 132 valence electrons. The molecule has 1 N–H and O–H groups in total. The number of halogens is 3. The van der Waals surface area contributed by atoms with E-state index in [9.17, 15) is 28.1 Å². The van der Waals surface area contributed by atoms with Crippen molar-refractivity contribution in [3.8, 4) is 0 Å². The van der Waals surface area contributed by atoms with E-state index in [1.54, 1.807) is 0 Å². The summed E-state index contributed by atoms with van der Waals surface area (Å²) in [5.41, 5.74) is 0.333. The molecule has 0 aromatic heterocycles. The Morgan fingerprint density at radius 1 is 1.46 bits per heavy atom. The summed E-state index contributed by atoms with van der Waals surface area (Å²) in [5, 5.41) is 13.6. The van der Waals surface area contributed by atoms with E-state index in [0.29, 0.717) is 13.0 Å². The summed E-state index contributed by atoms with van der Waals surface area (Å²) in [4.78, 5) is 23.8. The maximum Gasteiger partial charge on any atom is 0.401 e. The molecule has 1 aromatic rings. The van der Waals surface area contributed by atoms with Gasteiger partial charge in [0.25, 0.3) is 11.6 Å². The van der Waals surface area contributed by atoms with Gasteiger partial charge in [0, 0.05) is 30.3 Å². The molecular weight excluding hydrogens is 327 g/mol. The second-order valence-corrected chi connectivity index (χ2v) is 5.92. The van der Waals surface area contributed by atoms with Crippen LogP contribution in [0.2, 0.25) is 0 Å². The number of nitrogens with one attached hydrogen (secondary N) is 1. The number of nitrogens with zero attached hydrogens (tertiary/aromatic N) is 2. The van der Waals surface area contributed by atoms with Gasteiger partial charge >= 0.3 is 6.18 Å². The molecule has 1 fully saturated rings. The normalized spacial score (nSPS) is 18.6. The predicted octanol–water partition coefficient (Wildman–Crippen LogP) is 2.52. The summed E-state index contributed by atoms with van der Waals surface area (Å²) < 4.78 is 37.1. The van der Waals surface area contributed by atoms with Gasteiger partial charge in [-0.25, -0.2) is 0 Å². The van der Waals surface area contributed by atoms with Gasteiger partial charge in [0.1, 0.15) is 0 Å². The average molecular weight is 345 g/mol. The minimum absolute atomic E-state index is 0.0599. The molecule has 1 aromatic carbocycles. The molecule has 0 spiro atoms. The number of nitro groups is 1. The van der Waals surface area contributed by atoms with Crippen molar-refractivity contribution < 1.29 is 22.9 Å². The Balaban J connectivity index is 1.91. The molecule has 0 aliphatic carbocycles. The zero-order chi connectivity index (χ0) is 17.9. The standard InChI is InChI=1S/C15H18F3N3O3/c1-10-12(3-2-4-13(10)21(23)24)14(22)19-7-11-5-6-20(8-11)9-15(16,17)18/h2-4,11H,5-9H2,1H3,(H,19,22). The van der Waals surface area contributed by atoms with Crippen molar-refractivity contribution in [3.05, 3.63) is 39.4 Å². The smallest absolute Gasteiger partial charge is 0.352 e. The van der Waals surface area contributed by atoms with E-state index in [2.05, 4.69) is 5.32 Å². The predicted molar refractivity (Wildman–Crippen MR) is 80.8 cm³/mol. The third kappa shape index (κ3) is 4.67. The van der Waals surface area contributed by atoms with Gasteiger partial charge < -0.3 is 5.32 Å². The van der Waals surface area contributed by atoms with Crippen LogP contribution < -0.4 is 5.32 Å². The summed E-state index contributed by atoms with van der Waals surface area (Å²) in [7, 11) is 0. The number of nitro benzene ring substituents is 1. The van der Waals surface area contributed by atoms with E-state index in [0.717, 1.165) is 0 Å². The summed E-state index contributed by atoms with van der Waals surface area (Å²) >= 11 is 0. The number of hydrogen-bond donors (Lipinski definition) is 1. The van der Waals surface area contributed by atoms with E-state index in [1.807, 2.05) is 0 Å². The van der Waals surface area contributed by atoms with E-state index in [-0.39, 0.29) is 35.8 Å². The van der Waals surface area contributed by atoms with E-state index >= 15 is 0 Å². The van der Waals surface area contributed by atoms with Crippen molar-refractivity contribution in [1.82, 2.24) is 10.2 Å². The fourth-order valence-corrected chi connectivity index (χ4v) is 2.88. The summed E-state index contributed by atoms with van der Waals surface area (Å²) in [6.45, 7) is 1.41. The van der Waals surface area contributed by atoms with Crippen LogP contribution in [0.25, 0.3) is 0 Å². The maximum absolute atomic E-state index is 12.4. The highest BCUT2D eigenvalue weighted by Gasteiger charge is 2.34. The molecule has 2 rings (SSSR count). The van der Waals surface area contributed by atoms with Crippen LogP contribution in [0.3, 0.4) is 0 Å². The van der Waals surface area contributed by atoms with E-state index < -0.39 is 23.6 Å². The Morgan fingerprint density at radius 3 is 2.79 bits per heavy atom. The first kappa shape index (κ1) is 18.2. The van der Waals surface area contributed by atoms with Crippen LogP contribution >= 0.6 is 0 Å². The third-order valence-corrected chi connectivity index (χ3v) is 4.07. The summed E-state index contributed by atoms with van der Waals surface area (Å²) in [6.07, 6.45) is -3.65. The Hall–Kier alpha value is -2.16. The SMILES string of the molecule is Cc1c(C(=O)NCC2CCN(CC(F)(F)F)C2)cccc1[N+](=O)[O-]. The number of amides is 1. The Kier molecular flexibility index (Phi) is 5.43. The summed E-state index contributed by atoms with van der Waals surface area (Å²) in [5.74, 6) is -0.513. The van der Waals surface area contributed by atoms with Crippen molar-refractivity contribution in [2.24, 2.45) is 5.92 Å². The quantitative estimate of drug-likeness (QED) is 0.657. The van der Waals surface area contributed by atoms with Crippen LogP contribution in [0.15, 0.2) is 18.2 Å². The molecule has 1 amide bonds. The van der Waals surface area contributed by atoms with Crippen LogP contribution in [0.5, 0.6) is 0 Å². The van der Waals surface area contributed by atoms with Crippen molar-refractivity contribution in [2.45, 2.75) is 19.5 Å². The molecular formula is C15H18F3N3O3. The zero-order valence-electron chi connectivity index (χ0n) is 13.1. The van der Waals surface area contributed by atoms with Gasteiger partial charge in [-0.3, -0.25) is 19.8 Å². The number of carbonyl (C=O) groups is 1. The number of alkyl halides is 3. The zero-order valence-corrected chi connectivity index (χ0v) is 13.1. The minimum atomic E-state index is -4.22. The first-order valence-corrected chi connectivity index (χ1v) is 7.48. The second-order valence-electron chi connectivity index (χ2n) is 5.92. The topological polar surface area (TPSA) is 75.5 Å². The lowest BCUT2D eigenvalue weighted by atomic mass is 10.1. The highest BCUT2D eigenvalue weighted by molar-refractivity contribution is 5.96. The van der Waals surface area contributed by atoms with Crippen molar-refractivity contribution in [2.75, 3.05) is 26.2 Å². The Morgan fingerprint density at radius 2 is 2.17 bits per heavy atom. The van der Waals surface area contributed by atoms with Gasteiger partial charge in [-0.15, -0.1) is 0 Å². The maximum atomic E-state index is 12.4. The molecule has 0 radical (unpaired) electrons. The molecule has 1 saturated heterocycles. The molecule has 0 saturated carbocycles. The Labute approximate surface area is 136 Å². The molecule has 1 heterocycles. The van der Waals surface area contributed by atoms with Crippen LogP contribution in [0.4, 0.5) is 18.9 Å². The number of benzene rings is 1. The first-order valence-electron chi connectivity index (χ1n) is 7.48. The number of carbonyl (C=O) groups excluding carboxylic acids is 1. The number of rotatable bonds is 5. The molecule has 0 bridgehead atoms. The van der Waals surface area contributed by atoms with Gasteiger partial charge in [0.05, 0.1) is 11.5 Å². The lowest BCUT2D eigenvalue weighted by Gasteiger charge is -2.18. The van der Waals surface area contributed by atoms with Crippen molar-refractivity contribution in [1.29, 1.82) is 0 Å². The first-order chi connectivity index (χ1) is 11.2. The number of hydrogen-bond acceptors (Lipinski definition) is 4. The van der Waals surface area contributed by atoms with Gasteiger partial charge in [0.15, 0.2) is 0 Å². The van der Waals surface area contributed by atoms with E-state index in [1.165, 1.54) is 30.0 Å². The van der Waals surface area contributed by atoms with Gasteiger partial charge in [-0.1, -0.05) is 6.07 Å². The minimum Gasteiger partial charge on any atom is -0.352 e. The van der Waals surface area contributed by atoms with E-state index in [4.69, 9.17) is 0 Å². The molecule has 9 heteroatoms. The molecule has 24 heavy (non-hydrogen) atoms. The highest BCUT2D eigenvalue weighted by Crippen LogP contribution is 2.23. The Bertz CT molecular complexity index is 634. The third-order valence-electron chi connectivity index (χ3n) is 4.07. The fourth-order valence-electron chi connectivity index (χ4n) is 2.88. The molecule has 1 atom stereocenters. The van der Waals surface area contributed by atoms with Crippen LogP contribution in [-0.4, -0.2) is 48.1 Å². The lowest BCUT2D eigenvalue weighted by Crippen LogP contribution is -2.34. The van der Waals surface area contributed by atoms with Crippen LogP contribution in [-0.2, 0) is 0 Å². The van der Waals surface area contributed by atoms with Crippen molar-refractivity contribution >= 4 is 11.6 Å². The monoisotopic (exact) mass is 345 g/mol. The molecule has 1 aliphatic heterocycles. The summed E-state index contributed by atoms with van der Waals surface area (Å²) in [6, 6.07) is 4.24. The van der Waals surface area contributed by atoms with Gasteiger partial charge in [-0.2, -0.15) is 13.2 Å². The van der Waals surface area contributed by atoms with Gasteiger partial charge in [-0.05, 0) is 31.9 Å². The average Bonchev–Trinajstić information content (AvgIpc) is 2.90. The highest BCUT2D eigenvalue weighted by atomic mass is 19.4. The van der Waals surface area contributed by atoms with Crippen molar-refractivity contribution in [3.63, 3.8) is 0 Å². The number of likely N-dealkylation sites (tertiary alicyclic amines) is 1.